The molecule has 5 N–H and O–H groups in total. The fourth-order valence-corrected chi connectivity index (χ4v) is 3.89. The van der Waals surface area contributed by atoms with E-state index >= 15 is 0 Å². The Hall–Kier alpha value is -0.910. The molecule has 2 rings (SSSR count). The minimum atomic E-state index is -4.09. The molecule has 0 bridgehead atoms. The van der Waals surface area contributed by atoms with Crippen molar-refractivity contribution in [2.75, 3.05) is 6.16 Å². The van der Waals surface area contributed by atoms with Crippen molar-refractivity contribution >= 4 is 26.0 Å². The maximum absolute atomic E-state index is 11.1. The normalized spacial score (nSPS) is 16.9. The largest absolute Gasteiger partial charge is 0.480 e. The topological polar surface area (TPSA) is 121 Å². The second-order valence-corrected chi connectivity index (χ2v) is 8.43. The highest BCUT2D eigenvalue weighted by Gasteiger charge is 2.21. The summed E-state index contributed by atoms with van der Waals surface area (Å²) < 4.78 is 11.1. The fourth-order valence-electron chi connectivity index (χ4n) is 3.36. The Morgan fingerprint density at radius 1 is 1.20 bits per heavy atom. The van der Waals surface area contributed by atoms with E-state index in [0.717, 1.165) is 24.0 Å². The van der Waals surface area contributed by atoms with Crippen LogP contribution in [0.1, 0.15) is 54.7 Å². The smallest absolute Gasteiger partial charge is 0.325 e. The lowest BCUT2D eigenvalue weighted by Gasteiger charge is -2.23. The molecule has 0 aliphatic heterocycles. The molecule has 1 aliphatic rings. The first-order valence-corrected chi connectivity index (χ1v) is 10.2. The summed E-state index contributed by atoms with van der Waals surface area (Å²) in [4.78, 5) is 29.3. The third-order valence-electron chi connectivity index (χ3n) is 4.74. The Bertz CT molecular complexity index is 627. The number of halogens is 1. The molecule has 0 amide bonds. The van der Waals surface area contributed by atoms with Crippen molar-refractivity contribution in [3.63, 3.8) is 0 Å². The van der Waals surface area contributed by atoms with Crippen LogP contribution in [-0.4, -0.2) is 33.1 Å². The molecule has 1 aliphatic carbocycles. The van der Waals surface area contributed by atoms with Gasteiger partial charge in [-0.3, -0.25) is 9.36 Å². The molecule has 25 heavy (non-hydrogen) atoms. The van der Waals surface area contributed by atoms with Gasteiger partial charge in [-0.15, -0.1) is 12.4 Å². The van der Waals surface area contributed by atoms with Crippen LogP contribution in [0.15, 0.2) is 18.2 Å². The summed E-state index contributed by atoms with van der Waals surface area (Å²) in [6.45, 7) is 0. The van der Waals surface area contributed by atoms with Crippen LogP contribution < -0.4 is 5.73 Å². The van der Waals surface area contributed by atoms with Gasteiger partial charge in [-0.1, -0.05) is 37.5 Å². The first-order valence-electron chi connectivity index (χ1n) is 8.41. The molecule has 1 aromatic rings. The second-order valence-electron chi connectivity index (χ2n) is 6.65. The van der Waals surface area contributed by atoms with E-state index in [-0.39, 0.29) is 31.4 Å². The number of carbonyl (C=O) groups is 1. The lowest BCUT2D eigenvalue weighted by atomic mass is 9.82. The van der Waals surface area contributed by atoms with Crippen LogP contribution in [0.3, 0.4) is 0 Å². The highest BCUT2D eigenvalue weighted by atomic mass is 35.5. The van der Waals surface area contributed by atoms with Crippen LogP contribution in [-0.2, 0) is 22.2 Å². The first-order chi connectivity index (χ1) is 11.3. The number of aliphatic carboxylic acids is 1. The number of hydrogen-bond donors (Lipinski definition) is 4. The van der Waals surface area contributed by atoms with Gasteiger partial charge in [-0.05, 0) is 48.3 Å². The molecule has 0 unspecified atom stereocenters. The van der Waals surface area contributed by atoms with Gasteiger partial charge in [0.1, 0.15) is 6.04 Å². The van der Waals surface area contributed by atoms with Crippen molar-refractivity contribution in [2.24, 2.45) is 5.73 Å². The van der Waals surface area contributed by atoms with Crippen molar-refractivity contribution in [3.8, 4) is 0 Å². The molecule has 1 fully saturated rings. The van der Waals surface area contributed by atoms with Gasteiger partial charge in [0.15, 0.2) is 0 Å². The van der Waals surface area contributed by atoms with E-state index in [9.17, 15) is 9.36 Å². The van der Waals surface area contributed by atoms with E-state index < -0.39 is 19.6 Å². The quantitative estimate of drug-likeness (QED) is 0.530. The van der Waals surface area contributed by atoms with Crippen LogP contribution >= 0.6 is 20.0 Å². The molecule has 0 radical (unpaired) electrons. The van der Waals surface area contributed by atoms with Gasteiger partial charge in [0.25, 0.3) is 0 Å². The molecule has 1 saturated carbocycles. The number of carboxylic acid groups (broad SMARTS) is 1. The van der Waals surface area contributed by atoms with Gasteiger partial charge < -0.3 is 20.6 Å². The zero-order chi connectivity index (χ0) is 17.7. The average Bonchev–Trinajstić information content (AvgIpc) is 2.53. The molecule has 1 aromatic carbocycles. The Balaban J connectivity index is 0.00000312. The molecule has 1 atom stereocenters. The fraction of sp³-hybridized carbons (Fsp3) is 0.588. The van der Waals surface area contributed by atoms with E-state index in [4.69, 9.17) is 20.6 Å². The zero-order valence-electron chi connectivity index (χ0n) is 14.1. The maximum atomic E-state index is 11.1. The number of rotatable bonds is 7. The minimum Gasteiger partial charge on any atom is -0.480 e. The molecule has 0 spiro atoms. The molecule has 0 heterocycles. The monoisotopic (exact) mass is 391 g/mol. The summed E-state index contributed by atoms with van der Waals surface area (Å²) in [5.74, 6) is -0.589. The minimum absolute atomic E-state index is 0. The van der Waals surface area contributed by atoms with Crippen LogP contribution in [0.25, 0.3) is 0 Å². The van der Waals surface area contributed by atoms with Gasteiger partial charge in [0, 0.05) is 0 Å². The Morgan fingerprint density at radius 2 is 1.84 bits per heavy atom. The number of benzene rings is 1. The van der Waals surface area contributed by atoms with Crippen LogP contribution in [0.5, 0.6) is 0 Å². The number of carboxylic acids is 1. The molecule has 8 heteroatoms. The second kappa shape index (κ2) is 9.70. The highest BCUT2D eigenvalue weighted by Crippen LogP contribution is 2.37. The van der Waals surface area contributed by atoms with E-state index in [0.29, 0.717) is 5.92 Å². The molecule has 0 saturated heterocycles. The molecule has 6 nitrogen and oxygen atoms in total. The summed E-state index contributed by atoms with van der Waals surface area (Å²) in [6, 6.07) is 4.87. The van der Waals surface area contributed by atoms with Gasteiger partial charge in [-0.25, -0.2) is 0 Å². The van der Waals surface area contributed by atoms with Gasteiger partial charge >= 0.3 is 13.6 Å². The number of aryl methyl sites for hydroxylation is 1. The van der Waals surface area contributed by atoms with E-state index in [1.165, 1.54) is 24.8 Å². The van der Waals surface area contributed by atoms with Gasteiger partial charge in [0.2, 0.25) is 0 Å². The summed E-state index contributed by atoms with van der Waals surface area (Å²) >= 11 is 0. The van der Waals surface area contributed by atoms with Crippen LogP contribution in [0.4, 0.5) is 0 Å². The SMILES string of the molecule is Cl.N[C@@H](Cc1cc(C2CCCCC2)ccc1CCP(=O)(O)O)C(=O)O. The molecular weight excluding hydrogens is 365 g/mol. The lowest BCUT2D eigenvalue weighted by Crippen LogP contribution is -2.32. The Labute approximate surface area is 154 Å². The van der Waals surface area contributed by atoms with Crippen LogP contribution in [0, 0.1) is 0 Å². The molecule has 142 valence electrons. The summed E-state index contributed by atoms with van der Waals surface area (Å²) in [7, 11) is -4.09. The predicted octanol–water partition coefficient (Wildman–Crippen LogP) is 2.83. The van der Waals surface area contributed by atoms with Gasteiger partial charge in [-0.2, -0.15) is 0 Å². The summed E-state index contributed by atoms with van der Waals surface area (Å²) in [5, 5.41) is 9.06. The highest BCUT2D eigenvalue weighted by molar-refractivity contribution is 7.51. The third kappa shape index (κ3) is 7.08. The van der Waals surface area contributed by atoms with Crippen molar-refractivity contribution in [1.29, 1.82) is 0 Å². The summed E-state index contributed by atoms with van der Waals surface area (Å²) in [5.41, 5.74) is 8.42. The van der Waals surface area contributed by atoms with E-state index in [1.807, 2.05) is 18.2 Å². The van der Waals surface area contributed by atoms with Crippen LogP contribution in [0.2, 0.25) is 0 Å². The zero-order valence-corrected chi connectivity index (χ0v) is 15.8. The Kier molecular flexibility index (Phi) is 8.58. The number of nitrogens with two attached hydrogens (primary N) is 1. The van der Waals surface area contributed by atoms with Crippen molar-refractivity contribution in [1.82, 2.24) is 0 Å². The number of hydrogen-bond acceptors (Lipinski definition) is 3. The van der Waals surface area contributed by atoms with E-state index in [1.54, 1.807) is 0 Å². The van der Waals surface area contributed by atoms with E-state index in [2.05, 4.69) is 0 Å². The van der Waals surface area contributed by atoms with Crippen molar-refractivity contribution < 1.29 is 24.3 Å². The standard InChI is InChI=1S/C17H26NO5P.ClH/c18-16(17(19)20)11-15-10-14(12-4-2-1-3-5-12)7-6-13(15)8-9-24(21,22)23;/h6-7,10,12,16H,1-5,8-9,11,18H2,(H,19,20)(H2,21,22,23);1H/t16-;/m0./s1. The predicted molar refractivity (Wildman–Crippen MR) is 99.4 cm³/mol. The maximum Gasteiger partial charge on any atom is 0.325 e. The molecular formula is C17H27ClNO5P. The van der Waals surface area contributed by atoms with Crippen molar-refractivity contribution in [3.05, 3.63) is 34.9 Å². The molecule has 0 aromatic heterocycles. The third-order valence-corrected chi connectivity index (χ3v) is 5.54. The van der Waals surface area contributed by atoms with Crippen molar-refractivity contribution in [2.45, 2.75) is 56.9 Å². The first kappa shape index (κ1) is 22.1. The van der Waals surface area contributed by atoms with Gasteiger partial charge in [0.05, 0.1) is 6.16 Å². The average molecular weight is 392 g/mol. The Morgan fingerprint density at radius 3 is 2.40 bits per heavy atom. The summed E-state index contributed by atoms with van der Waals surface area (Å²) in [6.07, 6.45) is 6.07. The lowest BCUT2D eigenvalue weighted by molar-refractivity contribution is -0.138.